The van der Waals surface area contributed by atoms with Gasteiger partial charge in [-0.25, -0.2) is 0 Å². The van der Waals surface area contributed by atoms with Crippen LogP contribution in [0.5, 0.6) is 0 Å². The molecule has 1 heteroatoms. The van der Waals surface area contributed by atoms with E-state index in [4.69, 9.17) is 0 Å². The van der Waals surface area contributed by atoms with E-state index in [1.165, 1.54) is 53.4 Å². The van der Waals surface area contributed by atoms with E-state index in [0.29, 0.717) is 0 Å². The molecule has 0 aromatic heterocycles. The van der Waals surface area contributed by atoms with Crippen LogP contribution in [0.15, 0.2) is 133 Å². The number of rotatable bonds is 2. The van der Waals surface area contributed by atoms with E-state index in [9.17, 15) is 0 Å². The minimum absolute atomic E-state index is 1.30. The van der Waals surface area contributed by atoms with Crippen molar-refractivity contribution in [2.24, 2.45) is 0 Å². The van der Waals surface area contributed by atoms with Gasteiger partial charge in [-0.15, -0.1) is 0 Å². The minimum Gasteiger partial charge on any atom is -0.0623 e. The van der Waals surface area contributed by atoms with Crippen LogP contribution in [0.1, 0.15) is 0 Å². The minimum atomic E-state index is -2.48. The Morgan fingerprint density at radius 2 is 0.970 bits per heavy atom. The van der Waals surface area contributed by atoms with E-state index in [2.05, 4.69) is 133 Å². The molecule has 154 valence electrons. The quantitative estimate of drug-likeness (QED) is 0.254. The molecule has 0 fully saturated rings. The van der Waals surface area contributed by atoms with Gasteiger partial charge in [-0.1, -0.05) is 133 Å². The van der Waals surface area contributed by atoms with E-state index >= 15 is 0 Å². The van der Waals surface area contributed by atoms with Crippen LogP contribution in [0.25, 0.3) is 32.7 Å². The zero-order valence-corrected chi connectivity index (χ0v) is 19.2. The maximum absolute atomic E-state index is 2.48. The Bertz CT molecular complexity index is 1610. The third-order valence-electron chi connectivity index (χ3n) is 7.34. The number of hydrogen-bond donors (Lipinski definition) is 0. The first-order valence-corrected chi connectivity index (χ1v) is 13.5. The first-order chi connectivity index (χ1) is 16.4. The Hall–Kier alpha value is -3.94. The van der Waals surface area contributed by atoms with Crippen LogP contribution >= 0.6 is 0 Å². The van der Waals surface area contributed by atoms with Gasteiger partial charge in [0.2, 0.25) is 0 Å². The molecule has 1 heterocycles. The molecule has 0 nitrogen and oxygen atoms in total. The van der Waals surface area contributed by atoms with Gasteiger partial charge >= 0.3 is 0 Å². The highest BCUT2D eigenvalue weighted by molar-refractivity contribution is 7.23. The van der Waals surface area contributed by atoms with Crippen molar-refractivity contribution in [1.82, 2.24) is 0 Å². The first-order valence-electron chi connectivity index (χ1n) is 11.5. The van der Waals surface area contributed by atoms with Crippen LogP contribution in [0, 0.1) is 0 Å². The summed E-state index contributed by atoms with van der Waals surface area (Å²) in [5, 5.41) is 11.3. The fourth-order valence-corrected chi connectivity index (χ4v) is 11.4. The average Bonchev–Trinajstić information content (AvgIpc) is 3.21. The summed E-state index contributed by atoms with van der Waals surface area (Å²) in [7, 11) is -2.48. The van der Waals surface area contributed by atoms with Gasteiger partial charge in [0.25, 0.3) is 0 Å². The van der Waals surface area contributed by atoms with Crippen molar-refractivity contribution in [3.8, 4) is 11.1 Å². The summed E-state index contributed by atoms with van der Waals surface area (Å²) in [6.07, 6.45) is 0. The molecular weight excluding hydrogens is 412 g/mol. The molecule has 7 rings (SSSR count). The van der Waals surface area contributed by atoms with Gasteiger partial charge < -0.3 is 0 Å². The van der Waals surface area contributed by atoms with Crippen LogP contribution in [0.4, 0.5) is 0 Å². The van der Waals surface area contributed by atoms with E-state index in [-0.39, 0.29) is 0 Å². The van der Waals surface area contributed by atoms with Crippen LogP contribution < -0.4 is 20.7 Å². The van der Waals surface area contributed by atoms with E-state index in [1.807, 2.05) is 0 Å². The summed E-state index contributed by atoms with van der Waals surface area (Å²) in [5.41, 5.74) is 2.79. The standard InChI is InChI=1S/C32H22Si/c1-3-12-24(13-4-1)33(25-14-5-2-6-15-25)31-18-10-9-17-28(31)30-22-21-27-26-16-8-7-11-23(26)19-20-29(27)32(30)33/h1-22H. The van der Waals surface area contributed by atoms with Crippen molar-refractivity contribution in [2.45, 2.75) is 0 Å². The predicted octanol–water partition coefficient (Wildman–Crippen LogP) is 5.35. The second kappa shape index (κ2) is 7.03. The normalized spacial score (nSPS) is 13.7. The van der Waals surface area contributed by atoms with Crippen molar-refractivity contribution < 1.29 is 0 Å². The highest BCUT2D eigenvalue weighted by Gasteiger charge is 2.49. The van der Waals surface area contributed by atoms with E-state index in [0.717, 1.165) is 0 Å². The Morgan fingerprint density at radius 1 is 0.364 bits per heavy atom. The van der Waals surface area contributed by atoms with Crippen LogP contribution in [-0.4, -0.2) is 8.07 Å². The predicted molar refractivity (Wildman–Crippen MR) is 144 cm³/mol. The third kappa shape index (κ3) is 2.46. The lowest BCUT2D eigenvalue weighted by Crippen LogP contribution is -2.72. The second-order valence-electron chi connectivity index (χ2n) is 8.90. The average molecular weight is 435 g/mol. The van der Waals surface area contributed by atoms with Gasteiger partial charge in [0.15, 0.2) is 8.07 Å². The zero-order valence-electron chi connectivity index (χ0n) is 18.2. The second-order valence-corrected chi connectivity index (χ2v) is 12.6. The van der Waals surface area contributed by atoms with Gasteiger partial charge in [0, 0.05) is 0 Å². The van der Waals surface area contributed by atoms with Crippen LogP contribution in [-0.2, 0) is 0 Å². The van der Waals surface area contributed by atoms with E-state index in [1.54, 1.807) is 0 Å². The van der Waals surface area contributed by atoms with Crippen molar-refractivity contribution in [1.29, 1.82) is 0 Å². The molecule has 1 aliphatic heterocycles. The molecule has 0 radical (unpaired) electrons. The van der Waals surface area contributed by atoms with E-state index < -0.39 is 8.07 Å². The molecule has 33 heavy (non-hydrogen) atoms. The molecular formula is C32H22Si. The van der Waals surface area contributed by atoms with Gasteiger partial charge in [-0.2, -0.15) is 0 Å². The van der Waals surface area contributed by atoms with Crippen molar-refractivity contribution in [2.75, 3.05) is 0 Å². The van der Waals surface area contributed by atoms with Crippen molar-refractivity contribution >= 4 is 50.4 Å². The Kier molecular flexibility index (Phi) is 3.96. The lowest BCUT2D eigenvalue weighted by molar-refractivity contribution is 1.70. The molecule has 6 aromatic carbocycles. The Balaban J connectivity index is 1.74. The number of benzene rings is 6. The topological polar surface area (TPSA) is 0 Å². The lowest BCUT2D eigenvalue weighted by Gasteiger charge is -2.32. The zero-order chi connectivity index (χ0) is 21.8. The highest BCUT2D eigenvalue weighted by Crippen LogP contribution is 2.34. The smallest absolute Gasteiger partial charge is 0.0623 e. The molecule has 1 aliphatic rings. The summed E-state index contributed by atoms with van der Waals surface area (Å²) in [6, 6.07) is 49.8. The Morgan fingerprint density at radius 3 is 1.73 bits per heavy atom. The maximum Gasteiger partial charge on any atom is 0.181 e. The van der Waals surface area contributed by atoms with Crippen LogP contribution in [0.2, 0.25) is 0 Å². The highest BCUT2D eigenvalue weighted by atomic mass is 28.3. The van der Waals surface area contributed by atoms with Gasteiger partial charge in [0.1, 0.15) is 0 Å². The van der Waals surface area contributed by atoms with Gasteiger partial charge in [-0.3, -0.25) is 0 Å². The molecule has 0 bridgehead atoms. The number of fused-ring (bicyclic) bond motifs is 7. The largest absolute Gasteiger partial charge is 0.181 e. The fraction of sp³-hybridized carbons (Fsp3) is 0. The number of hydrogen-bond acceptors (Lipinski definition) is 0. The molecule has 0 spiro atoms. The lowest BCUT2D eigenvalue weighted by atomic mass is 9.97. The first kappa shape index (κ1) is 18.6. The molecule has 0 atom stereocenters. The summed E-state index contributed by atoms with van der Waals surface area (Å²) >= 11 is 0. The molecule has 0 N–H and O–H groups in total. The summed E-state index contributed by atoms with van der Waals surface area (Å²) in [6.45, 7) is 0. The van der Waals surface area contributed by atoms with Crippen LogP contribution in [0.3, 0.4) is 0 Å². The summed E-state index contributed by atoms with van der Waals surface area (Å²) in [4.78, 5) is 0. The summed E-state index contributed by atoms with van der Waals surface area (Å²) in [5.74, 6) is 0. The molecule has 0 aliphatic carbocycles. The molecule has 6 aromatic rings. The fourth-order valence-electron chi connectivity index (χ4n) is 6.04. The Labute approximate surface area is 194 Å². The van der Waals surface area contributed by atoms with Gasteiger partial charge in [-0.05, 0) is 53.4 Å². The molecule has 0 amide bonds. The molecule has 0 saturated carbocycles. The third-order valence-corrected chi connectivity index (χ3v) is 12.3. The van der Waals surface area contributed by atoms with Gasteiger partial charge in [0.05, 0.1) is 0 Å². The van der Waals surface area contributed by atoms with Crippen molar-refractivity contribution in [3.05, 3.63) is 133 Å². The maximum atomic E-state index is 2.38. The monoisotopic (exact) mass is 434 g/mol. The molecule has 0 unspecified atom stereocenters. The summed E-state index contributed by atoms with van der Waals surface area (Å²) < 4.78 is 0. The van der Waals surface area contributed by atoms with Crippen molar-refractivity contribution in [3.63, 3.8) is 0 Å². The SMILES string of the molecule is c1ccc([Si]2(c3ccccc3)c3ccccc3-c3ccc4c(ccc5ccccc54)c32)cc1. The molecule has 0 saturated heterocycles.